The van der Waals surface area contributed by atoms with Crippen LogP contribution in [0.15, 0.2) is 28.7 Å². The zero-order valence-corrected chi connectivity index (χ0v) is 18.4. The zero-order valence-electron chi connectivity index (χ0n) is 16.8. The molecule has 2 atom stereocenters. The molecule has 1 saturated heterocycles. The number of esters is 2. The fourth-order valence-electron chi connectivity index (χ4n) is 2.83. The SMILES string of the molecule is COC(=O)C(OC(=O)[C@@H]1CCCN1C(=O)OC(C)(C)C)C(=O)c1ccc(Br)cc1. The van der Waals surface area contributed by atoms with E-state index in [1.54, 1.807) is 32.9 Å². The van der Waals surface area contributed by atoms with Crippen molar-refractivity contribution in [3.8, 4) is 0 Å². The van der Waals surface area contributed by atoms with Gasteiger partial charge < -0.3 is 14.2 Å². The van der Waals surface area contributed by atoms with Crippen molar-refractivity contribution in [1.29, 1.82) is 0 Å². The highest BCUT2D eigenvalue weighted by Gasteiger charge is 2.41. The Morgan fingerprint density at radius 1 is 1.14 bits per heavy atom. The van der Waals surface area contributed by atoms with E-state index in [9.17, 15) is 19.2 Å². The van der Waals surface area contributed by atoms with Crippen LogP contribution in [-0.4, -0.2) is 60.1 Å². The largest absolute Gasteiger partial charge is 0.466 e. The molecule has 1 fully saturated rings. The third-order valence-electron chi connectivity index (χ3n) is 4.17. The molecule has 2 rings (SSSR count). The molecule has 0 aliphatic carbocycles. The van der Waals surface area contributed by atoms with Crippen LogP contribution in [0, 0.1) is 0 Å². The molecule has 0 radical (unpaired) electrons. The molecule has 1 unspecified atom stereocenters. The molecule has 1 amide bonds. The highest BCUT2D eigenvalue weighted by Crippen LogP contribution is 2.23. The lowest BCUT2D eigenvalue weighted by Gasteiger charge is -2.28. The number of hydrogen-bond donors (Lipinski definition) is 0. The fourth-order valence-corrected chi connectivity index (χ4v) is 3.09. The number of hydrogen-bond acceptors (Lipinski definition) is 7. The summed E-state index contributed by atoms with van der Waals surface area (Å²) >= 11 is 3.26. The van der Waals surface area contributed by atoms with Gasteiger partial charge in [0.2, 0.25) is 5.78 Å². The Hall–Kier alpha value is -2.42. The van der Waals surface area contributed by atoms with Crippen LogP contribution < -0.4 is 0 Å². The van der Waals surface area contributed by atoms with Crippen LogP contribution in [0.5, 0.6) is 0 Å². The second-order valence-electron chi connectivity index (χ2n) is 7.54. The molecule has 0 N–H and O–H groups in total. The molecule has 0 bridgehead atoms. The summed E-state index contributed by atoms with van der Waals surface area (Å²) in [5, 5.41) is 0. The number of ketones is 1. The predicted molar refractivity (Wildman–Crippen MR) is 106 cm³/mol. The van der Waals surface area contributed by atoms with Crippen molar-refractivity contribution >= 4 is 39.7 Å². The Labute approximate surface area is 177 Å². The van der Waals surface area contributed by atoms with Crippen LogP contribution in [0.2, 0.25) is 0 Å². The maximum Gasteiger partial charge on any atom is 0.411 e. The average molecular weight is 470 g/mol. The molecule has 29 heavy (non-hydrogen) atoms. The first kappa shape index (κ1) is 22.9. The first-order valence-corrected chi connectivity index (χ1v) is 9.90. The molecule has 8 nitrogen and oxygen atoms in total. The Morgan fingerprint density at radius 2 is 1.76 bits per heavy atom. The molecule has 1 aromatic rings. The normalized spacial score (nSPS) is 17.4. The molecule has 0 aromatic heterocycles. The van der Waals surface area contributed by atoms with Gasteiger partial charge in [-0.1, -0.05) is 28.1 Å². The third-order valence-corrected chi connectivity index (χ3v) is 4.70. The van der Waals surface area contributed by atoms with Crippen LogP contribution in [0.1, 0.15) is 44.0 Å². The molecule has 9 heteroatoms. The minimum atomic E-state index is -1.75. The minimum absolute atomic E-state index is 0.187. The van der Waals surface area contributed by atoms with Gasteiger partial charge in [-0.2, -0.15) is 0 Å². The topological polar surface area (TPSA) is 99.2 Å². The van der Waals surface area contributed by atoms with Crippen molar-refractivity contribution in [2.24, 2.45) is 0 Å². The number of rotatable bonds is 5. The number of likely N-dealkylation sites (tertiary alicyclic amines) is 1. The molecule has 1 aliphatic heterocycles. The van der Waals surface area contributed by atoms with Crippen LogP contribution in [-0.2, 0) is 23.8 Å². The number of carbonyl (C=O) groups excluding carboxylic acids is 4. The van der Waals surface area contributed by atoms with Crippen molar-refractivity contribution in [2.75, 3.05) is 13.7 Å². The Bertz CT molecular complexity index is 785. The summed E-state index contributed by atoms with van der Waals surface area (Å²) < 4.78 is 15.9. The lowest BCUT2D eigenvalue weighted by molar-refractivity contribution is -0.165. The summed E-state index contributed by atoms with van der Waals surface area (Å²) in [6, 6.07) is 5.32. The number of methoxy groups -OCH3 is 1. The van der Waals surface area contributed by atoms with Gasteiger partial charge >= 0.3 is 18.0 Å². The van der Waals surface area contributed by atoms with Crippen molar-refractivity contribution in [1.82, 2.24) is 4.90 Å². The van der Waals surface area contributed by atoms with E-state index in [0.29, 0.717) is 19.4 Å². The van der Waals surface area contributed by atoms with Gasteiger partial charge in [-0.15, -0.1) is 0 Å². The van der Waals surface area contributed by atoms with Gasteiger partial charge in [-0.05, 0) is 45.7 Å². The highest BCUT2D eigenvalue weighted by atomic mass is 79.9. The van der Waals surface area contributed by atoms with Crippen LogP contribution in [0.3, 0.4) is 0 Å². The van der Waals surface area contributed by atoms with Crippen molar-refractivity contribution in [2.45, 2.75) is 51.4 Å². The second-order valence-corrected chi connectivity index (χ2v) is 8.46. The molecule has 1 aliphatic rings. The quantitative estimate of drug-likeness (QED) is 0.282. The van der Waals surface area contributed by atoms with E-state index in [1.807, 2.05) is 0 Å². The molecule has 1 heterocycles. The zero-order chi connectivity index (χ0) is 21.8. The number of nitrogens with zero attached hydrogens (tertiary/aromatic N) is 1. The van der Waals surface area contributed by atoms with E-state index in [4.69, 9.17) is 9.47 Å². The number of halogens is 1. The van der Waals surface area contributed by atoms with E-state index < -0.39 is 41.6 Å². The summed E-state index contributed by atoms with van der Waals surface area (Å²) in [5.74, 6) is -2.55. The van der Waals surface area contributed by atoms with Crippen molar-refractivity contribution in [3.63, 3.8) is 0 Å². The lowest BCUT2D eigenvalue weighted by Crippen LogP contribution is -2.46. The lowest BCUT2D eigenvalue weighted by atomic mass is 10.1. The number of Topliss-reactive ketones (excluding diaryl/α,β-unsaturated/α-hetero) is 1. The van der Waals surface area contributed by atoms with E-state index in [1.165, 1.54) is 17.0 Å². The van der Waals surface area contributed by atoms with Gasteiger partial charge in [0, 0.05) is 16.6 Å². The van der Waals surface area contributed by atoms with Crippen LogP contribution in [0.25, 0.3) is 0 Å². The van der Waals surface area contributed by atoms with Crippen LogP contribution in [0.4, 0.5) is 4.79 Å². The first-order chi connectivity index (χ1) is 13.5. The first-order valence-electron chi connectivity index (χ1n) is 9.11. The van der Waals surface area contributed by atoms with Crippen molar-refractivity contribution < 1.29 is 33.4 Å². The maximum absolute atomic E-state index is 12.7. The Morgan fingerprint density at radius 3 is 2.31 bits per heavy atom. The maximum atomic E-state index is 12.7. The molecule has 0 saturated carbocycles. The van der Waals surface area contributed by atoms with E-state index in [0.717, 1.165) is 11.6 Å². The van der Waals surface area contributed by atoms with Gasteiger partial charge in [0.15, 0.2) is 0 Å². The van der Waals surface area contributed by atoms with Gasteiger partial charge in [0.05, 0.1) is 7.11 Å². The van der Waals surface area contributed by atoms with Crippen LogP contribution >= 0.6 is 15.9 Å². The second kappa shape index (κ2) is 9.39. The minimum Gasteiger partial charge on any atom is -0.466 e. The van der Waals surface area contributed by atoms with Gasteiger partial charge in [0.25, 0.3) is 6.10 Å². The standard InChI is InChI=1S/C20H24BrNO7/c1-20(2,3)29-19(26)22-11-5-6-14(22)17(24)28-16(18(25)27-4)15(23)12-7-9-13(21)10-8-12/h7-10,14,16H,5-6,11H2,1-4H3/t14-,16?/m0/s1. The number of carbonyl (C=O) groups is 4. The van der Waals surface area contributed by atoms with Gasteiger partial charge in [-0.25, -0.2) is 14.4 Å². The van der Waals surface area contributed by atoms with Gasteiger partial charge in [0.1, 0.15) is 11.6 Å². The fraction of sp³-hybridized carbons (Fsp3) is 0.500. The molecule has 1 aromatic carbocycles. The summed E-state index contributed by atoms with van der Waals surface area (Å²) in [5.41, 5.74) is -0.535. The number of amides is 1. The Kier molecular flexibility index (Phi) is 7.40. The molecular weight excluding hydrogens is 446 g/mol. The average Bonchev–Trinajstić information content (AvgIpc) is 3.14. The molecular formula is C20H24BrNO7. The molecule has 158 valence electrons. The summed E-state index contributed by atoms with van der Waals surface area (Å²) in [4.78, 5) is 51.2. The smallest absolute Gasteiger partial charge is 0.411 e. The van der Waals surface area contributed by atoms with Crippen molar-refractivity contribution in [3.05, 3.63) is 34.3 Å². The summed E-state index contributed by atoms with van der Waals surface area (Å²) in [7, 11) is 1.10. The Balaban J connectivity index is 2.16. The third kappa shape index (κ3) is 6.03. The monoisotopic (exact) mass is 469 g/mol. The van der Waals surface area contributed by atoms with E-state index in [-0.39, 0.29) is 5.56 Å². The van der Waals surface area contributed by atoms with Gasteiger partial charge in [-0.3, -0.25) is 9.69 Å². The summed E-state index contributed by atoms with van der Waals surface area (Å²) in [6.07, 6.45) is -1.48. The predicted octanol–water partition coefficient (Wildman–Crippen LogP) is 3.12. The number of ether oxygens (including phenoxy) is 3. The summed E-state index contributed by atoms with van der Waals surface area (Å²) in [6.45, 7) is 5.48. The highest BCUT2D eigenvalue weighted by molar-refractivity contribution is 9.10. The molecule has 0 spiro atoms. The number of benzene rings is 1. The van der Waals surface area contributed by atoms with E-state index in [2.05, 4.69) is 20.7 Å². The van der Waals surface area contributed by atoms with E-state index >= 15 is 0 Å².